The second kappa shape index (κ2) is 9.15. The van der Waals surface area contributed by atoms with Gasteiger partial charge < -0.3 is 18.5 Å². The van der Waals surface area contributed by atoms with E-state index in [4.69, 9.17) is 13.6 Å². The monoisotopic (exact) mass is 451 g/mol. The van der Waals surface area contributed by atoms with Crippen LogP contribution >= 0.6 is 0 Å². The fraction of sp³-hybridized carbons (Fsp3) is 0.125. The highest BCUT2D eigenvalue weighted by molar-refractivity contribution is 7.91. The number of sulfone groups is 1. The minimum absolute atomic E-state index is 0.0750. The van der Waals surface area contributed by atoms with Crippen LogP contribution in [0.15, 0.2) is 104 Å². The molecule has 0 saturated carbocycles. The van der Waals surface area contributed by atoms with E-state index in [1.807, 2.05) is 24.3 Å². The number of hydrogen-bond donors (Lipinski definition) is 0. The fourth-order valence-electron chi connectivity index (χ4n) is 3.23. The highest BCUT2D eigenvalue weighted by Crippen LogP contribution is 2.25. The zero-order valence-corrected chi connectivity index (χ0v) is 18.1. The van der Waals surface area contributed by atoms with Crippen LogP contribution < -0.4 is 4.74 Å². The van der Waals surface area contributed by atoms with Gasteiger partial charge in [-0.2, -0.15) is 0 Å². The lowest BCUT2D eigenvalue weighted by molar-refractivity contribution is 0.0679. The number of carbonyl (C=O) groups excluding carboxylic acids is 1. The standard InChI is InChI=1S/C24H21NO6S/c1-29-19-8-5-7-18(15-19)16-25(17-20-9-6-14-30-20)24(26)22-12-13-23(31-22)32(27,28)21-10-3-2-4-11-21/h2-15H,16-17H2,1H3. The Morgan fingerprint density at radius 3 is 2.47 bits per heavy atom. The first-order valence-electron chi connectivity index (χ1n) is 9.82. The van der Waals surface area contributed by atoms with E-state index in [0.717, 1.165) is 5.56 Å². The second-order valence-corrected chi connectivity index (χ2v) is 8.91. The summed E-state index contributed by atoms with van der Waals surface area (Å²) in [4.78, 5) is 14.9. The maximum absolute atomic E-state index is 13.3. The van der Waals surface area contributed by atoms with E-state index in [-0.39, 0.29) is 28.8 Å². The smallest absolute Gasteiger partial charge is 0.290 e. The van der Waals surface area contributed by atoms with Crippen molar-refractivity contribution < 1.29 is 26.8 Å². The van der Waals surface area contributed by atoms with E-state index in [9.17, 15) is 13.2 Å². The SMILES string of the molecule is COc1cccc(CN(Cc2ccco2)C(=O)c2ccc(S(=O)(=O)c3ccccc3)o2)c1. The van der Waals surface area contributed by atoms with Crippen LogP contribution in [0.2, 0.25) is 0 Å². The molecule has 32 heavy (non-hydrogen) atoms. The molecule has 0 N–H and O–H groups in total. The molecule has 1 amide bonds. The maximum atomic E-state index is 13.3. The average Bonchev–Trinajstić information content (AvgIpc) is 3.52. The number of hydrogen-bond acceptors (Lipinski definition) is 6. The number of benzene rings is 2. The summed E-state index contributed by atoms with van der Waals surface area (Å²) in [6.07, 6.45) is 1.53. The van der Waals surface area contributed by atoms with Crippen LogP contribution in [0.1, 0.15) is 21.9 Å². The van der Waals surface area contributed by atoms with Crippen molar-refractivity contribution in [3.8, 4) is 5.75 Å². The molecule has 0 radical (unpaired) electrons. The summed E-state index contributed by atoms with van der Waals surface area (Å²) in [6, 6.07) is 21.5. The van der Waals surface area contributed by atoms with E-state index >= 15 is 0 Å². The van der Waals surface area contributed by atoms with E-state index < -0.39 is 15.7 Å². The van der Waals surface area contributed by atoms with Crippen LogP contribution in [-0.2, 0) is 22.9 Å². The third-order valence-electron chi connectivity index (χ3n) is 4.83. The van der Waals surface area contributed by atoms with E-state index in [1.54, 1.807) is 37.4 Å². The Morgan fingerprint density at radius 2 is 1.75 bits per heavy atom. The molecule has 0 saturated heterocycles. The third-order valence-corrected chi connectivity index (χ3v) is 6.47. The number of nitrogens with zero attached hydrogens (tertiary/aromatic N) is 1. The quantitative estimate of drug-likeness (QED) is 0.390. The predicted molar refractivity (Wildman–Crippen MR) is 116 cm³/mol. The van der Waals surface area contributed by atoms with Crippen LogP contribution in [0, 0.1) is 0 Å². The van der Waals surface area contributed by atoms with E-state index in [2.05, 4.69) is 0 Å². The van der Waals surface area contributed by atoms with Gasteiger partial charge in [0.05, 0.1) is 24.8 Å². The molecule has 0 unspecified atom stereocenters. The van der Waals surface area contributed by atoms with Gasteiger partial charge in [-0.1, -0.05) is 30.3 Å². The Morgan fingerprint density at radius 1 is 0.938 bits per heavy atom. The lowest BCUT2D eigenvalue weighted by Gasteiger charge is -2.21. The molecule has 7 nitrogen and oxygen atoms in total. The molecule has 0 aliphatic heterocycles. The molecule has 2 aromatic heterocycles. The van der Waals surface area contributed by atoms with Gasteiger partial charge in [0.1, 0.15) is 11.5 Å². The fourth-order valence-corrected chi connectivity index (χ4v) is 4.43. The van der Waals surface area contributed by atoms with E-state index in [1.165, 1.54) is 35.4 Å². The highest BCUT2D eigenvalue weighted by atomic mass is 32.2. The number of furan rings is 2. The molecule has 0 atom stereocenters. The van der Waals surface area contributed by atoms with Crippen molar-refractivity contribution in [1.82, 2.24) is 4.90 Å². The van der Waals surface area contributed by atoms with Crippen LogP contribution in [0.25, 0.3) is 0 Å². The summed E-state index contributed by atoms with van der Waals surface area (Å²) in [7, 11) is -2.30. The first kappa shape index (κ1) is 21.5. The molecule has 0 spiro atoms. The van der Waals surface area contributed by atoms with Crippen LogP contribution in [0.4, 0.5) is 0 Å². The minimum Gasteiger partial charge on any atom is -0.497 e. The summed E-state index contributed by atoms with van der Waals surface area (Å²) in [5, 5.41) is -0.286. The Bertz CT molecular complexity index is 1290. The maximum Gasteiger partial charge on any atom is 0.290 e. The zero-order valence-electron chi connectivity index (χ0n) is 17.3. The van der Waals surface area contributed by atoms with Crippen molar-refractivity contribution in [2.75, 3.05) is 7.11 Å². The van der Waals surface area contributed by atoms with Gasteiger partial charge in [-0.15, -0.1) is 0 Å². The Hall–Kier alpha value is -3.78. The van der Waals surface area contributed by atoms with Crippen molar-refractivity contribution in [2.45, 2.75) is 23.1 Å². The first-order valence-corrected chi connectivity index (χ1v) is 11.3. The highest BCUT2D eigenvalue weighted by Gasteiger charge is 2.26. The summed E-state index contributed by atoms with van der Waals surface area (Å²) < 4.78 is 41.8. The number of amides is 1. The van der Waals surface area contributed by atoms with Gasteiger partial charge in [-0.3, -0.25) is 4.79 Å². The van der Waals surface area contributed by atoms with Gasteiger partial charge in [-0.25, -0.2) is 8.42 Å². The first-order chi connectivity index (χ1) is 15.5. The topological polar surface area (TPSA) is 90.0 Å². The van der Waals surface area contributed by atoms with Crippen LogP contribution in [-0.4, -0.2) is 26.3 Å². The molecule has 4 rings (SSSR count). The molecule has 2 heterocycles. The van der Waals surface area contributed by atoms with Gasteiger partial charge in [-0.05, 0) is 54.1 Å². The van der Waals surface area contributed by atoms with Crippen molar-refractivity contribution in [3.05, 3.63) is 102 Å². The van der Waals surface area contributed by atoms with Crippen LogP contribution in [0.5, 0.6) is 5.75 Å². The van der Waals surface area contributed by atoms with Crippen molar-refractivity contribution >= 4 is 15.7 Å². The number of ether oxygens (including phenoxy) is 1. The summed E-state index contributed by atoms with van der Waals surface area (Å²) in [5.74, 6) is 0.722. The predicted octanol–water partition coefficient (Wildman–Crippen LogP) is 4.56. The molecule has 164 valence electrons. The molecular weight excluding hydrogens is 430 g/mol. The normalized spacial score (nSPS) is 11.3. The lowest BCUT2D eigenvalue weighted by Crippen LogP contribution is -2.29. The molecule has 2 aromatic carbocycles. The van der Waals surface area contributed by atoms with Crippen molar-refractivity contribution in [3.63, 3.8) is 0 Å². The van der Waals surface area contributed by atoms with Gasteiger partial charge in [0.2, 0.25) is 14.9 Å². The number of rotatable bonds is 8. The van der Waals surface area contributed by atoms with Crippen LogP contribution in [0.3, 0.4) is 0 Å². The van der Waals surface area contributed by atoms with Gasteiger partial charge >= 0.3 is 0 Å². The molecular formula is C24H21NO6S. The third kappa shape index (κ3) is 4.60. The number of carbonyl (C=O) groups is 1. The molecule has 8 heteroatoms. The second-order valence-electron chi connectivity index (χ2n) is 7.03. The number of methoxy groups -OCH3 is 1. The molecule has 0 fully saturated rings. The largest absolute Gasteiger partial charge is 0.497 e. The Kier molecular flexibility index (Phi) is 6.13. The molecule has 0 aliphatic carbocycles. The molecule has 0 bridgehead atoms. The summed E-state index contributed by atoms with van der Waals surface area (Å²) in [5.41, 5.74) is 0.841. The molecule has 4 aromatic rings. The van der Waals surface area contributed by atoms with Gasteiger partial charge in [0.15, 0.2) is 5.76 Å². The van der Waals surface area contributed by atoms with Crippen molar-refractivity contribution in [1.29, 1.82) is 0 Å². The lowest BCUT2D eigenvalue weighted by atomic mass is 10.2. The zero-order chi connectivity index (χ0) is 22.6. The average molecular weight is 452 g/mol. The Labute approximate surface area is 185 Å². The van der Waals surface area contributed by atoms with E-state index in [0.29, 0.717) is 11.5 Å². The summed E-state index contributed by atoms with van der Waals surface area (Å²) >= 11 is 0. The Balaban J connectivity index is 1.62. The van der Waals surface area contributed by atoms with Gasteiger partial charge in [0, 0.05) is 6.54 Å². The van der Waals surface area contributed by atoms with Crippen molar-refractivity contribution in [2.24, 2.45) is 0 Å². The van der Waals surface area contributed by atoms with Gasteiger partial charge in [0.25, 0.3) is 5.91 Å². The molecule has 0 aliphatic rings. The summed E-state index contributed by atoms with van der Waals surface area (Å²) in [6.45, 7) is 0.433. The minimum atomic E-state index is -3.87.